The van der Waals surface area contributed by atoms with Crippen LogP contribution in [-0.4, -0.2) is 27.1 Å². The Morgan fingerprint density at radius 3 is 2.80 bits per heavy atom. The summed E-state index contributed by atoms with van der Waals surface area (Å²) in [6, 6.07) is 9.30. The second-order valence-electron chi connectivity index (χ2n) is 3.79. The van der Waals surface area contributed by atoms with Crippen LogP contribution in [0.1, 0.15) is 0 Å². The molecule has 1 aromatic heterocycles. The van der Waals surface area contributed by atoms with Crippen LogP contribution in [0, 0.1) is 10.1 Å². The third-order valence-corrected chi connectivity index (χ3v) is 3.24. The third-order valence-electron chi connectivity index (χ3n) is 2.40. The molecule has 1 heterocycles. The van der Waals surface area contributed by atoms with E-state index in [9.17, 15) is 10.1 Å². The second kappa shape index (κ2) is 6.37. The zero-order valence-corrected chi connectivity index (χ0v) is 10.9. The number of rotatable bonds is 5. The van der Waals surface area contributed by atoms with Crippen LogP contribution in [0.15, 0.2) is 47.6 Å². The number of aromatic nitrogens is 1. The Labute approximate surface area is 119 Å². The molecular weight excluding hydrogens is 281 g/mol. The number of benzene rings is 1. The fraction of sp³-hybridized carbons (Fsp3) is 0. The molecule has 0 amide bonds. The predicted molar refractivity (Wildman–Crippen MR) is 76.6 cm³/mol. The van der Waals surface area contributed by atoms with E-state index in [-0.39, 0.29) is 10.7 Å². The number of nitro groups is 1. The molecule has 1 aromatic carbocycles. The molecule has 0 radical (unpaired) electrons. The van der Waals surface area contributed by atoms with Gasteiger partial charge in [0.2, 0.25) is 0 Å². The minimum atomic E-state index is -1.56. The van der Waals surface area contributed by atoms with Gasteiger partial charge in [-0.3, -0.25) is 10.1 Å². The minimum Gasteiger partial charge on any atom is -0.423 e. The molecule has 20 heavy (non-hydrogen) atoms. The molecule has 0 saturated carbocycles. The minimum absolute atomic E-state index is 0.0941. The first-order chi connectivity index (χ1) is 9.58. The van der Waals surface area contributed by atoms with Crippen molar-refractivity contribution in [2.75, 3.05) is 4.72 Å². The number of hydrogen-bond acceptors (Lipinski definition) is 7. The Morgan fingerprint density at radius 2 is 2.10 bits per heavy atom. The molecule has 0 bridgehead atoms. The summed E-state index contributed by atoms with van der Waals surface area (Å²) in [6.07, 6.45) is 1.46. The SMILES string of the molecule is O=[N+]([O-])c1cccnc1SNc1cccc(B(O)O)c1. The standard InChI is InChI=1S/C11H10BN3O4S/c16-12(17)8-3-1-4-9(7-8)14-20-11-10(15(18)19)5-2-6-13-11/h1-7,14,16-17H. The third kappa shape index (κ3) is 3.47. The van der Waals surface area contributed by atoms with Crippen LogP contribution in [-0.2, 0) is 0 Å². The molecule has 102 valence electrons. The van der Waals surface area contributed by atoms with E-state index in [0.717, 1.165) is 11.9 Å². The zero-order valence-electron chi connectivity index (χ0n) is 10.1. The van der Waals surface area contributed by atoms with E-state index in [1.807, 2.05) is 0 Å². The first kappa shape index (κ1) is 14.3. The lowest BCUT2D eigenvalue weighted by atomic mass is 9.80. The van der Waals surface area contributed by atoms with Crippen LogP contribution < -0.4 is 10.2 Å². The molecule has 2 rings (SSSR count). The number of nitrogens with one attached hydrogen (secondary N) is 1. The quantitative estimate of drug-likeness (QED) is 0.323. The smallest absolute Gasteiger partial charge is 0.423 e. The molecule has 7 nitrogen and oxygen atoms in total. The van der Waals surface area contributed by atoms with Crippen molar-refractivity contribution in [3.63, 3.8) is 0 Å². The summed E-state index contributed by atoms with van der Waals surface area (Å²) in [5.74, 6) is 0. The summed E-state index contributed by atoms with van der Waals surface area (Å²) in [6.45, 7) is 0. The van der Waals surface area contributed by atoms with Crippen molar-refractivity contribution in [1.29, 1.82) is 0 Å². The lowest BCUT2D eigenvalue weighted by Crippen LogP contribution is -2.29. The van der Waals surface area contributed by atoms with Gasteiger partial charge in [-0.2, -0.15) is 0 Å². The van der Waals surface area contributed by atoms with Crippen LogP contribution in [0.5, 0.6) is 0 Å². The van der Waals surface area contributed by atoms with Gasteiger partial charge in [-0.15, -0.1) is 0 Å². The van der Waals surface area contributed by atoms with Crippen molar-refractivity contribution in [2.24, 2.45) is 0 Å². The van der Waals surface area contributed by atoms with Gasteiger partial charge in [-0.1, -0.05) is 12.1 Å². The fourth-order valence-electron chi connectivity index (χ4n) is 1.47. The highest BCUT2D eigenvalue weighted by atomic mass is 32.2. The topological polar surface area (TPSA) is 109 Å². The molecule has 0 aliphatic rings. The maximum Gasteiger partial charge on any atom is 0.488 e. The summed E-state index contributed by atoms with van der Waals surface area (Å²) in [7, 11) is -1.56. The van der Waals surface area contributed by atoms with Gasteiger partial charge in [0.25, 0.3) is 0 Å². The summed E-state index contributed by atoms with van der Waals surface area (Å²) < 4.78 is 2.88. The number of anilines is 1. The van der Waals surface area contributed by atoms with E-state index in [4.69, 9.17) is 10.0 Å². The van der Waals surface area contributed by atoms with Gasteiger partial charge in [0, 0.05) is 29.9 Å². The molecule has 0 spiro atoms. The first-order valence-electron chi connectivity index (χ1n) is 5.56. The van der Waals surface area contributed by atoms with Gasteiger partial charge in [-0.25, -0.2) is 4.98 Å². The molecule has 0 fully saturated rings. The summed E-state index contributed by atoms with van der Waals surface area (Å²) in [4.78, 5) is 14.3. The van der Waals surface area contributed by atoms with Crippen LogP contribution in [0.25, 0.3) is 0 Å². The average Bonchev–Trinajstić information content (AvgIpc) is 2.45. The van der Waals surface area contributed by atoms with E-state index in [1.165, 1.54) is 24.4 Å². The first-order valence-corrected chi connectivity index (χ1v) is 6.38. The number of hydrogen-bond donors (Lipinski definition) is 3. The van der Waals surface area contributed by atoms with Gasteiger partial charge in [0.05, 0.1) is 4.92 Å². The van der Waals surface area contributed by atoms with Crippen molar-refractivity contribution in [3.05, 3.63) is 52.7 Å². The Bertz CT molecular complexity index is 626. The predicted octanol–water partition coefficient (Wildman–Crippen LogP) is 0.789. The van der Waals surface area contributed by atoms with Crippen molar-refractivity contribution in [1.82, 2.24) is 4.98 Å². The molecule has 0 unspecified atom stereocenters. The average molecular weight is 291 g/mol. The monoisotopic (exact) mass is 291 g/mol. The number of pyridine rings is 1. The Hall–Kier alpha value is -2.10. The van der Waals surface area contributed by atoms with Gasteiger partial charge in [-0.05, 0) is 23.7 Å². The van der Waals surface area contributed by atoms with Crippen molar-refractivity contribution >= 4 is 35.9 Å². The van der Waals surface area contributed by atoms with Crippen molar-refractivity contribution in [2.45, 2.75) is 5.03 Å². The van der Waals surface area contributed by atoms with Crippen LogP contribution >= 0.6 is 11.9 Å². The lowest BCUT2D eigenvalue weighted by Gasteiger charge is -2.07. The van der Waals surface area contributed by atoms with Crippen LogP contribution in [0.4, 0.5) is 11.4 Å². The molecule has 9 heteroatoms. The summed E-state index contributed by atoms with van der Waals surface area (Å²) in [5, 5.41) is 29.2. The largest absolute Gasteiger partial charge is 0.488 e. The van der Waals surface area contributed by atoms with Crippen LogP contribution in [0.3, 0.4) is 0 Å². The van der Waals surface area contributed by atoms with E-state index < -0.39 is 12.0 Å². The van der Waals surface area contributed by atoms with E-state index >= 15 is 0 Å². The molecule has 0 aliphatic heterocycles. The Balaban J connectivity index is 2.13. The number of nitrogens with zero attached hydrogens (tertiary/aromatic N) is 2. The van der Waals surface area contributed by atoms with Gasteiger partial charge in [0.1, 0.15) is 0 Å². The Kier molecular flexibility index (Phi) is 4.56. The molecular formula is C11H10BN3O4S. The normalized spacial score (nSPS) is 10.1. The fourth-order valence-corrected chi connectivity index (χ4v) is 2.17. The van der Waals surface area contributed by atoms with Crippen LogP contribution in [0.2, 0.25) is 0 Å². The molecule has 0 aliphatic carbocycles. The van der Waals surface area contributed by atoms with Crippen molar-refractivity contribution in [3.8, 4) is 0 Å². The summed E-state index contributed by atoms with van der Waals surface area (Å²) >= 11 is 0.983. The van der Waals surface area contributed by atoms with Gasteiger partial charge in [0.15, 0.2) is 5.03 Å². The zero-order chi connectivity index (χ0) is 14.5. The second-order valence-corrected chi connectivity index (χ2v) is 4.58. The van der Waals surface area contributed by atoms with Crippen molar-refractivity contribution < 1.29 is 15.0 Å². The maximum absolute atomic E-state index is 10.8. The molecule has 2 aromatic rings. The highest BCUT2D eigenvalue weighted by Crippen LogP contribution is 2.26. The molecule has 3 N–H and O–H groups in total. The molecule has 0 saturated heterocycles. The Morgan fingerprint density at radius 1 is 1.30 bits per heavy atom. The lowest BCUT2D eigenvalue weighted by molar-refractivity contribution is -0.388. The maximum atomic E-state index is 10.8. The molecule has 0 atom stereocenters. The van der Waals surface area contributed by atoms with E-state index in [2.05, 4.69) is 9.71 Å². The van der Waals surface area contributed by atoms with Gasteiger partial charge >= 0.3 is 12.8 Å². The highest BCUT2D eigenvalue weighted by molar-refractivity contribution is 8.00. The van der Waals surface area contributed by atoms with E-state index in [1.54, 1.807) is 18.2 Å². The van der Waals surface area contributed by atoms with Gasteiger partial charge < -0.3 is 14.8 Å². The van der Waals surface area contributed by atoms with E-state index in [0.29, 0.717) is 11.2 Å². The summed E-state index contributed by atoms with van der Waals surface area (Å²) in [5.41, 5.74) is 0.815. The highest BCUT2D eigenvalue weighted by Gasteiger charge is 2.15.